The molecule has 3 aromatic rings. The van der Waals surface area contributed by atoms with E-state index in [1.54, 1.807) is 0 Å². The van der Waals surface area contributed by atoms with Crippen LogP contribution in [0.1, 0.15) is 20.8 Å². The van der Waals surface area contributed by atoms with Crippen molar-refractivity contribution in [1.29, 1.82) is 0 Å². The van der Waals surface area contributed by atoms with Gasteiger partial charge in [0.1, 0.15) is 17.0 Å². The Labute approximate surface area is 136 Å². The van der Waals surface area contributed by atoms with Gasteiger partial charge in [0.15, 0.2) is 0 Å². The van der Waals surface area contributed by atoms with Crippen molar-refractivity contribution in [2.24, 2.45) is 0 Å². The van der Waals surface area contributed by atoms with E-state index in [0.717, 1.165) is 22.5 Å². The summed E-state index contributed by atoms with van der Waals surface area (Å²) < 4.78 is 5.77. The lowest BCUT2D eigenvalue weighted by Crippen LogP contribution is -2.24. The van der Waals surface area contributed by atoms with E-state index in [4.69, 9.17) is 4.74 Å². The molecule has 0 amide bonds. The molecular weight excluding hydrogens is 286 g/mol. The Balaban J connectivity index is 2.13. The first kappa shape index (κ1) is 15.2. The van der Waals surface area contributed by atoms with E-state index in [2.05, 4.69) is 15.2 Å². The van der Waals surface area contributed by atoms with Crippen LogP contribution in [-0.4, -0.2) is 20.8 Å². The van der Waals surface area contributed by atoms with Crippen LogP contribution in [-0.2, 0) is 0 Å². The van der Waals surface area contributed by atoms with Crippen LogP contribution in [0.2, 0.25) is 0 Å². The normalized spacial score (nSPS) is 11.3. The Bertz CT molecular complexity index is 781. The summed E-state index contributed by atoms with van der Waals surface area (Å²) in [6, 6.07) is 20.2. The van der Waals surface area contributed by atoms with Crippen LogP contribution < -0.4 is 4.74 Å². The zero-order valence-corrected chi connectivity index (χ0v) is 13.5. The lowest BCUT2D eigenvalue weighted by Gasteiger charge is -2.19. The monoisotopic (exact) mass is 305 g/mol. The maximum atomic E-state index is 5.77. The van der Waals surface area contributed by atoms with Crippen LogP contribution in [0, 0.1) is 0 Å². The van der Waals surface area contributed by atoms with Gasteiger partial charge in [-0.25, -0.2) is 0 Å². The second-order valence-electron chi connectivity index (χ2n) is 6.24. The molecule has 0 fully saturated rings. The molecule has 0 unspecified atom stereocenters. The molecule has 4 heteroatoms. The summed E-state index contributed by atoms with van der Waals surface area (Å²) in [7, 11) is 0. The molecule has 0 spiro atoms. The van der Waals surface area contributed by atoms with Gasteiger partial charge in [-0.2, -0.15) is 4.98 Å². The Morgan fingerprint density at radius 3 is 1.74 bits per heavy atom. The van der Waals surface area contributed by atoms with Gasteiger partial charge >= 0.3 is 6.01 Å². The number of nitrogens with zero attached hydrogens (tertiary/aromatic N) is 3. The molecule has 0 saturated heterocycles. The highest BCUT2D eigenvalue weighted by molar-refractivity contribution is 5.77. The van der Waals surface area contributed by atoms with Gasteiger partial charge in [-0.1, -0.05) is 65.8 Å². The highest BCUT2D eigenvalue weighted by Crippen LogP contribution is 2.29. The fraction of sp³-hybridized carbons (Fsp3) is 0.211. The van der Waals surface area contributed by atoms with Crippen LogP contribution in [0.5, 0.6) is 6.01 Å². The third-order valence-electron chi connectivity index (χ3n) is 3.16. The van der Waals surface area contributed by atoms with Crippen molar-refractivity contribution in [3.8, 4) is 28.5 Å². The van der Waals surface area contributed by atoms with Gasteiger partial charge in [-0.15, -0.1) is 5.10 Å². The van der Waals surface area contributed by atoms with Crippen LogP contribution in [0.3, 0.4) is 0 Å². The molecule has 0 aliphatic carbocycles. The molecule has 0 saturated carbocycles. The molecule has 1 aromatic heterocycles. The Morgan fingerprint density at radius 2 is 1.22 bits per heavy atom. The number of aromatic nitrogens is 3. The van der Waals surface area contributed by atoms with Gasteiger partial charge < -0.3 is 4.74 Å². The Morgan fingerprint density at radius 1 is 0.696 bits per heavy atom. The Hall–Kier alpha value is -2.75. The number of rotatable bonds is 3. The molecule has 2 aromatic carbocycles. The first-order valence-corrected chi connectivity index (χ1v) is 7.57. The van der Waals surface area contributed by atoms with Crippen molar-refractivity contribution in [2.75, 3.05) is 0 Å². The van der Waals surface area contributed by atoms with Crippen molar-refractivity contribution in [3.05, 3.63) is 60.7 Å². The van der Waals surface area contributed by atoms with Crippen molar-refractivity contribution in [2.45, 2.75) is 26.4 Å². The van der Waals surface area contributed by atoms with Gasteiger partial charge in [-0.05, 0) is 20.8 Å². The van der Waals surface area contributed by atoms with E-state index in [1.165, 1.54) is 0 Å². The molecule has 116 valence electrons. The van der Waals surface area contributed by atoms with Crippen molar-refractivity contribution in [3.63, 3.8) is 0 Å². The van der Waals surface area contributed by atoms with Gasteiger partial charge in [-0.3, -0.25) is 0 Å². The number of hydrogen-bond acceptors (Lipinski definition) is 4. The van der Waals surface area contributed by atoms with Gasteiger partial charge in [0.05, 0.1) is 0 Å². The fourth-order valence-electron chi connectivity index (χ4n) is 2.22. The van der Waals surface area contributed by atoms with Crippen molar-refractivity contribution < 1.29 is 4.74 Å². The minimum absolute atomic E-state index is 0.288. The summed E-state index contributed by atoms with van der Waals surface area (Å²) in [4.78, 5) is 4.61. The summed E-state index contributed by atoms with van der Waals surface area (Å²) in [6.45, 7) is 5.89. The molecular formula is C19H19N3O. The average molecular weight is 305 g/mol. The molecule has 3 rings (SSSR count). The summed E-state index contributed by atoms with van der Waals surface area (Å²) in [5, 5.41) is 8.52. The SMILES string of the molecule is CC(C)(C)Oc1nnc(-c2ccccc2)c(-c2ccccc2)n1. The first-order chi connectivity index (χ1) is 11.0. The fourth-order valence-corrected chi connectivity index (χ4v) is 2.22. The third kappa shape index (κ3) is 3.72. The van der Waals surface area contributed by atoms with E-state index >= 15 is 0 Å². The first-order valence-electron chi connectivity index (χ1n) is 7.57. The zero-order valence-electron chi connectivity index (χ0n) is 13.5. The number of hydrogen-bond donors (Lipinski definition) is 0. The van der Waals surface area contributed by atoms with E-state index in [1.807, 2.05) is 81.4 Å². The average Bonchev–Trinajstić information content (AvgIpc) is 2.55. The van der Waals surface area contributed by atoms with Crippen LogP contribution in [0.25, 0.3) is 22.5 Å². The van der Waals surface area contributed by atoms with E-state index in [0.29, 0.717) is 0 Å². The predicted octanol–water partition coefficient (Wildman–Crippen LogP) is 4.38. The van der Waals surface area contributed by atoms with Gasteiger partial charge in [0.2, 0.25) is 0 Å². The second kappa shape index (κ2) is 6.16. The molecule has 0 atom stereocenters. The lowest BCUT2D eigenvalue weighted by atomic mass is 10.0. The molecule has 0 N–H and O–H groups in total. The highest BCUT2D eigenvalue weighted by atomic mass is 16.5. The van der Waals surface area contributed by atoms with Crippen molar-refractivity contribution in [1.82, 2.24) is 15.2 Å². The minimum Gasteiger partial charge on any atom is -0.457 e. The maximum Gasteiger partial charge on any atom is 0.336 e. The highest BCUT2D eigenvalue weighted by Gasteiger charge is 2.18. The summed E-state index contributed by atoms with van der Waals surface area (Å²) >= 11 is 0. The van der Waals surface area contributed by atoms with Gasteiger partial charge in [0, 0.05) is 11.1 Å². The van der Waals surface area contributed by atoms with Crippen LogP contribution >= 0.6 is 0 Å². The number of benzene rings is 2. The molecule has 4 nitrogen and oxygen atoms in total. The zero-order chi connectivity index (χ0) is 16.3. The largest absolute Gasteiger partial charge is 0.457 e. The molecule has 23 heavy (non-hydrogen) atoms. The summed E-state index contributed by atoms with van der Waals surface area (Å²) in [5.41, 5.74) is 3.11. The summed E-state index contributed by atoms with van der Waals surface area (Å²) in [6.07, 6.45) is 0. The third-order valence-corrected chi connectivity index (χ3v) is 3.16. The molecule has 0 radical (unpaired) electrons. The molecule has 1 heterocycles. The number of ether oxygens (including phenoxy) is 1. The van der Waals surface area contributed by atoms with Crippen LogP contribution in [0.4, 0.5) is 0 Å². The second-order valence-corrected chi connectivity index (χ2v) is 6.24. The topological polar surface area (TPSA) is 47.9 Å². The standard InChI is InChI=1S/C19H19N3O/c1-19(2,3)23-18-20-16(14-10-6-4-7-11-14)17(21-22-18)15-12-8-5-9-13-15/h4-13H,1-3H3. The van der Waals surface area contributed by atoms with E-state index in [9.17, 15) is 0 Å². The molecule has 0 aliphatic heterocycles. The molecule has 0 aliphatic rings. The maximum absolute atomic E-state index is 5.77. The Kier molecular flexibility index (Phi) is 4.06. The van der Waals surface area contributed by atoms with Crippen molar-refractivity contribution >= 4 is 0 Å². The van der Waals surface area contributed by atoms with Crippen LogP contribution in [0.15, 0.2) is 60.7 Å². The minimum atomic E-state index is -0.371. The predicted molar refractivity (Wildman–Crippen MR) is 91.1 cm³/mol. The smallest absolute Gasteiger partial charge is 0.336 e. The molecule has 0 bridgehead atoms. The summed E-state index contributed by atoms with van der Waals surface area (Å²) in [5.74, 6) is 0. The van der Waals surface area contributed by atoms with Gasteiger partial charge in [0.25, 0.3) is 0 Å². The van der Waals surface area contributed by atoms with E-state index in [-0.39, 0.29) is 11.6 Å². The lowest BCUT2D eigenvalue weighted by molar-refractivity contribution is 0.115. The quantitative estimate of drug-likeness (QED) is 0.720. The van der Waals surface area contributed by atoms with E-state index < -0.39 is 0 Å².